The van der Waals surface area contributed by atoms with E-state index in [0.29, 0.717) is 18.4 Å². The van der Waals surface area contributed by atoms with Crippen molar-refractivity contribution >= 4 is 11.9 Å². The zero-order chi connectivity index (χ0) is 18.6. The number of hydrogen-bond acceptors (Lipinski definition) is 5. The predicted octanol–water partition coefficient (Wildman–Crippen LogP) is 2.92. The van der Waals surface area contributed by atoms with E-state index in [9.17, 15) is 14.7 Å². The molecule has 138 valence electrons. The van der Waals surface area contributed by atoms with Crippen molar-refractivity contribution in [3.05, 3.63) is 23.3 Å². The minimum atomic E-state index is -1.27. The molecule has 1 saturated carbocycles. The summed E-state index contributed by atoms with van der Waals surface area (Å²) in [5.74, 6) is -1.19. The summed E-state index contributed by atoms with van der Waals surface area (Å²) in [6.45, 7) is 9.22. The molecular weight excluding hydrogens is 320 g/mol. The van der Waals surface area contributed by atoms with Gasteiger partial charge in [-0.3, -0.25) is 0 Å². The maximum absolute atomic E-state index is 12.7. The van der Waals surface area contributed by atoms with E-state index in [0.717, 1.165) is 12.0 Å². The molecule has 1 aliphatic heterocycles. The number of rotatable bonds is 2. The lowest BCUT2D eigenvalue weighted by Crippen LogP contribution is -2.55. The molecule has 6 atom stereocenters. The maximum atomic E-state index is 12.7. The van der Waals surface area contributed by atoms with Crippen LogP contribution in [-0.2, 0) is 19.1 Å². The van der Waals surface area contributed by atoms with Crippen LogP contribution in [0.5, 0.6) is 0 Å². The molecule has 5 heteroatoms. The van der Waals surface area contributed by atoms with Gasteiger partial charge in [0.1, 0.15) is 6.10 Å². The lowest BCUT2D eigenvalue weighted by atomic mass is 9.54. The number of carbonyl (C=O) groups excluding carboxylic acids is 2. The smallest absolute Gasteiger partial charge is 0.351 e. The molecule has 0 aromatic carbocycles. The van der Waals surface area contributed by atoms with Crippen LogP contribution in [0.3, 0.4) is 0 Å². The van der Waals surface area contributed by atoms with E-state index >= 15 is 0 Å². The van der Waals surface area contributed by atoms with Crippen molar-refractivity contribution in [3.63, 3.8) is 0 Å². The Balaban J connectivity index is 1.94. The van der Waals surface area contributed by atoms with Gasteiger partial charge in [-0.1, -0.05) is 24.6 Å². The molecule has 0 amide bonds. The van der Waals surface area contributed by atoms with E-state index in [1.54, 1.807) is 26.8 Å². The van der Waals surface area contributed by atoms with Crippen LogP contribution in [0.15, 0.2) is 23.3 Å². The number of esters is 2. The normalized spacial score (nSPS) is 43.7. The van der Waals surface area contributed by atoms with Gasteiger partial charge in [0.25, 0.3) is 0 Å². The molecule has 0 spiro atoms. The Bertz CT molecular complexity index is 663. The fraction of sp³-hybridized carbons (Fsp3) is 0.700. The van der Waals surface area contributed by atoms with E-state index in [-0.39, 0.29) is 23.4 Å². The van der Waals surface area contributed by atoms with Gasteiger partial charge in [0.15, 0.2) is 0 Å². The molecule has 1 heterocycles. The Hall–Kier alpha value is -1.62. The lowest BCUT2D eigenvalue weighted by Gasteiger charge is -2.52. The third-order valence-electron chi connectivity index (χ3n) is 6.76. The summed E-state index contributed by atoms with van der Waals surface area (Å²) < 4.78 is 11.4. The summed E-state index contributed by atoms with van der Waals surface area (Å²) in [7, 11) is 0. The summed E-state index contributed by atoms with van der Waals surface area (Å²) in [4.78, 5) is 24.9. The number of hydrogen-bond donors (Lipinski definition) is 1. The van der Waals surface area contributed by atoms with Crippen molar-refractivity contribution in [1.82, 2.24) is 0 Å². The Morgan fingerprint density at radius 1 is 1.44 bits per heavy atom. The first-order chi connectivity index (χ1) is 11.6. The number of fused-ring (bicyclic) bond motifs is 3. The van der Waals surface area contributed by atoms with Crippen LogP contribution in [-0.4, -0.2) is 34.9 Å². The number of aliphatic hydroxyl groups is 1. The highest BCUT2D eigenvalue weighted by Crippen LogP contribution is 2.57. The first kappa shape index (κ1) is 18.2. The van der Waals surface area contributed by atoms with Crippen molar-refractivity contribution < 1.29 is 24.2 Å². The monoisotopic (exact) mass is 348 g/mol. The third-order valence-corrected chi connectivity index (χ3v) is 6.76. The van der Waals surface area contributed by atoms with Crippen molar-refractivity contribution in [2.24, 2.45) is 17.3 Å². The van der Waals surface area contributed by atoms with Crippen molar-refractivity contribution in [1.29, 1.82) is 0 Å². The highest BCUT2D eigenvalue weighted by atomic mass is 16.6. The topological polar surface area (TPSA) is 72.8 Å². The number of allylic oxidation sites excluding steroid dienone is 1. The van der Waals surface area contributed by atoms with Crippen LogP contribution in [0.25, 0.3) is 0 Å². The quantitative estimate of drug-likeness (QED) is 0.472. The van der Waals surface area contributed by atoms with Gasteiger partial charge in [0.2, 0.25) is 5.60 Å². The SMILES string of the molecule is C/C=C(/C)C(=O)O[C@]1(C)C(=O)O[C@@H]2[C@H]1CC[C@]1(C)[C@@H](O)CC=C(C)[C@@H]21. The van der Waals surface area contributed by atoms with Crippen LogP contribution >= 0.6 is 0 Å². The molecule has 3 rings (SSSR count). The molecule has 2 aliphatic carbocycles. The van der Waals surface area contributed by atoms with Gasteiger partial charge in [-0.2, -0.15) is 0 Å². The van der Waals surface area contributed by atoms with Crippen LogP contribution in [0, 0.1) is 17.3 Å². The maximum Gasteiger partial charge on any atom is 0.351 e. The van der Waals surface area contributed by atoms with E-state index in [4.69, 9.17) is 9.47 Å². The van der Waals surface area contributed by atoms with Crippen LogP contribution in [0.2, 0.25) is 0 Å². The van der Waals surface area contributed by atoms with Crippen molar-refractivity contribution in [3.8, 4) is 0 Å². The van der Waals surface area contributed by atoms with E-state index in [1.165, 1.54) is 0 Å². The highest BCUT2D eigenvalue weighted by Gasteiger charge is 2.65. The second-order valence-corrected chi connectivity index (χ2v) is 8.17. The van der Waals surface area contributed by atoms with Crippen LogP contribution in [0.1, 0.15) is 53.9 Å². The first-order valence-corrected chi connectivity index (χ1v) is 9.07. The molecule has 1 N–H and O–H groups in total. The van der Waals surface area contributed by atoms with Gasteiger partial charge in [0.05, 0.1) is 6.10 Å². The number of aliphatic hydroxyl groups excluding tert-OH is 1. The average molecular weight is 348 g/mol. The Labute approximate surface area is 149 Å². The minimum absolute atomic E-state index is 0.0395. The molecule has 0 radical (unpaired) electrons. The molecule has 2 fully saturated rings. The molecule has 0 aromatic heterocycles. The fourth-order valence-electron chi connectivity index (χ4n) is 4.88. The zero-order valence-corrected chi connectivity index (χ0v) is 15.7. The van der Waals surface area contributed by atoms with Crippen molar-refractivity contribution in [2.75, 3.05) is 0 Å². The van der Waals surface area contributed by atoms with Gasteiger partial charge in [-0.15, -0.1) is 0 Å². The summed E-state index contributed by atoms with van der Waals surface area (Å²) >= 11 is 0. The molecule has 1 saturated heterocycles. The average Bonchev–Trinajstić information content (AvgIpc) is 2.80. The lowest BCUT2D eigenvalue weighted by molar-refractivity contribution is -0.170. The molecule has 25 heavy (non-hydrogen) atoms. The molecule has 0 aromatic rings. The predicted molar refractivity (Wildman–Crippen MR) is 92.5 cm³/mol. The van der Waals surface area contributed by atoms with Crippen LogP contribution < -0.4 is 0 Å². The number of ether oxygens (including phenoxy) is 2. The molecule has 3 aliphatic rings. The second kappa shape index (κ2) is 5.97. The van der Waals surface area contributed by atoms with Gasteiger partial charge < -0.3 is 14.6 Å². The molecule has 5 nitrogen and oxygen atoms in total. The van der Waals surface area contributed by atoms with E-state index in [1.807, 2.05) is 13.0 Å². The second-order valence-electron chi connectivity index (χ2n) is 8.17. The van der Waals surface area contributed by atoms with Gasteiger partial charge >= 0.3 is 11.9 Å². The molecule has 0 bridgehead atoms. The summed E-state index contributed by atoms with van der Waals surface area (Å²) in [6.07, 6.45) is 5.01. The fourth-order valence-corrected chi connectivity index (χ4v) is 4.88. The van der Waals surface area contributed by atoms with Gasteiger partial charge in [0, 0.05) is 22.8 Å². The van der Waals surface area contributed by atoms with Gasteiger partial charge in [-0.25, -0.2) is 9.59 Å². The zero-order valence-electron chi connectivity index (χ0n) is 15.7. The highest BCUT2D eigenvalue weighted by molar-refractivity contribution is 5.92. The molecule has 0 unspecified atom stereocenters. The Morgan fingerprint density at radius 2 is 2.12 bits per heavy atom. The van der Waals surface area contributed by atoms with Gasteiger partial charge in [-0.05, 0) is 47.0 Å². The third kappa shape index (κ3) is 2.55. The van der Waals surface area contributed by atoms with E-state index < -0.39 is 23.6 Å². The largest absolute Gasteiger partial charge is 0.458 e. The Morgan fingerprint density at radius 3 is 2.76 bits per heavy atom. The summed E-state index contributed by atoms with van der Waals surface area (Å²) in [5, 5.41) is 10.6. The standard InChI is InChI=1S/C20H28O5/c1-6-11(2)17(22)25-20(5)13-9-10-19(4)14(21)8-7-12(3)15(19)16(13)24-18(20)23/h6-7,13-16,21H,8-10H2,1-5H3/b11-6-/t13-,14+,15+,16-,19-,20+/m1/s1. The first-order valence-electron chi connectivity index (χ1n) is 9.07. The van der Waals surface area contributed by atoms with Crippen LogP contribution in [0.4, 0.5) is 0 Å². The van der Waals surface area contributed by atoms with Crippen molar-refractivity contribution in [2.45, 2.75) is 71.7 Å². The number of carbonyl (C=O) groups is 2. The summed E-state index contributed by atoms with van der Waals surface area (Å²) in [5.41, 5.74) is 0.0444. The van der Waals surface area contributed by atoms with E-state index in [2.05, 4.69) is 6.92 Å². The molecular formula is C20H28O5. The minimum Gasteiger partial charge on any atom is -0.458 e. The summed E-state index contributed by atoms with van der Waals surface area (Å²) in [6, 6.07) is 0. The Kier molecular flexibility index (Phi) is 4.34.